The lowest BCUT2D eigenvalue weighted by atomic mass is 10.5. The Morgan fingerprint density at radius 1 is 1.50 bits per heavy atom. The molecule has 1 rings (SSSR count). The fraction of sp³-hybridized carbons (Fsp3) is 0.500. The predicted molar refractivity (Wildman–Crippen MR) is 70.7 cm³/mol. The zero-order valence-electron chi connectivity index (χ0n) is 9.01. The summed E-state index contributed by atoms with van der Waals surface area (Å²) in [5.74, 6) is 0.699. The number of sulfonamides is 1. The quantitative estimate of drug-likeness (QED) is 0.773. The summed E-state index contributed by atoms with van der Waals surface area (Å²) in [5.41, 5.74) is 0. The van der Waals surface area contributed by atoms with Crippen LogP contribution in [-0.4, -0.2) is 49.1 Å². The summed E-state index contributed by atoms with van der Waals surface area (Å²) >= 11 is 2.09. The van der Waals surface area contributed by atoms with Gasteiger partial charge in [-0.15, -0.1) is 0 Å². The zero-order valence-corrected chi connectivity index (χ0v) is 12.0. The maximum absolute atomic E-state index is 11.5. The number of hydrogen-bond acceptors (Lipinski definition) is 5. The van der Waals surface area contributed by atoms with E-state index in [2.05, 4.69) is 37.9 Å². The molecule has 0 spiro atoms. The largest absolute Gasteiger partial charge is 0.368 e. The van der Waals surface area contributed by atoms with Crippen LogP contribution in [0.2, 0.25) is 0 Å². The lowest BCUT2D eigenvalue weighted by Crippen LogP contribution is -2.28. The average molecular weight is 356 g/mol. The summed E-state index contributed by atoms with van der Waals surface area (Å²) in [6.07, 6.45) is 3.08. The second-order valence-electron chi connectivity index (χ2n) is 3.24. The number of halogens is 1. The first-order valence-electron chi connectivity index (χ1n) is 4.53. The van der Waals surface area contributed by atoms with Crippen LogP contribution in [0.25, 0.3) is 0 Å². The van der Waals surface area contributed by atoms with Crippen molar-refractivity contribution in [2.75, 3.05) is 31.7 Å². The number of nitrogens with zero attached hydrogens (tertiary/aromatic N) is 3. The molecule has 0 saturated heterocycles. The number of anilines is 1. The van der Waals surface area contributed by atoms with E-state index < -0.39 is 10.0 Å². The van der Waals surface area contributed by atoms with E-state index in [9.17, 15) is 8.42 Å². The first kappa shape index (κ1) is 13.6. The van der Waals surface area contributed by atoms with E-state index in [1.54, 1.807) is 6.20 Å². The van der Waals surface area contributed by atoms with Crippen molar-refractivity contribution in [1.29, 1.82) is 0 Å². The van der Waals surface area contributed by atoms with Gasteiger partial charge >= 0.3 is 0 Å². The Kier molecular flexibility index (Phi) is 4.87. The third-order valence-electron chi connectivity index (χ3n) is 1.88. The molecule has 8 heteroatoms. The lowest BCUT2D eigenvalue weighted by molar-refractivity contribution is 0.521. The second-order valence-corrected chi connectivity index (χ2v) is 6.71. The molecule has 1 aromatic rings. The van der Waals surface area contributed by atoms with Crippen LogP contribution in [0, 0.1) is 3.57 Å². The first-order chi connectivity index (χ1) is 7.43. The van der Waals surface area contributed by atoms with Gasteiger partial charge in [-0.25, -0.2) is 22.7 Å². The van der Waals surface area contributed by atoms with E-state index in [1.165, 1.54) is 24.7 Å². The molecule has 0 fully saturated rings. The van der Waals surface area contributed by atoms with Crippen LogP contribution >= 0.6 is 22.6 Å². The van der Waals surface area contributed by atoms with E-state index in [-0.39, 0.29) is 5.75 Å². The summed E-state index contributed by atoms with van der Waals surface area (Å²) in [6, 6.07) is 0. The van der Waals surface area contributed by atoms with Crippen molar-refractivity contribution in [1.82, 2.24) is 14.3 Å². The van der Waals surface area contributed by atoms with Crippen molar-refractivity contribution < 1.29 is 8.42 Å². The minimum atomic E-state index is -3.16. The van der Waals surface area contributed by atoms with Gasteiger partial charge < -0.3 is 5.32 Å². The standard InChI is InChI=1S/C8H13IN4O2S/c1-13(2)16(14,15)4-3-11-8-7(9)5-10-6-12-8/h5-6H,3-4H2,1-2H3,(H,10,11,12). The van der Waals surface area contributed by atoms with E-state index in [4.69, 9.17) is 0 Å². The van der Waals surface area contributed by atoms with Gasteiger partial charge in [0, 0.05) is 26.8 Å². The van der Waals surface area contributed by atoms with Gasteiger partial charge in [-0.05, 0) is 22.6 Å². The smallest absolute Gasteiger partial charge is 0.215 e. The molecule has 0 atom stereocenters. The summed E-state index contributed by atoms with van der Waals surface area (Å²) in [5, 5.41) is 2.96. The van der Waals surface area contributed by atoms with Gasteiger partial charge in [0.05, 0.1) is 9.32 Å². The van der Waals surface area contributed by atoms with Gasteiger partial charge in [0.1, 0.15) is 12.1 Å². The van der Waals surface area contributed by atoms with Crippen LogP contribution in [0.5, 0.6) is 0 Å². The van der Waals surface area contributed by atoms with Crippen LogP contribution in [0.3, 0.4) is 0 Å². The highest BCUT2D eigenvalue weighted by atomic mass is 127. The minimum Gasteiger partial charge on any atom is -0.368 e. The molecule has 0 aliphatic rings. The molecule has 1 heterocycles. The Morgan fingerprint density at radius 2 is 2.19 bits per heavy atom. The molecule has 0 unspecified atom stereocenters. The number of aromatic nitrogens is 2. The van der Waals surface area contributed by atoms with Crippen molar-refractivity contribution in [3.8, 4) is 0 Å². The highest BCUT2D eigenvalue weighted by Crippen LogP contribution is 2.11. The highest BCUT2D eigenvalue weighted by molar-refractivity contribution is 14.1. The van der Waals surface area contributed by atoms with Crippen LogP contribution < -0.4 is 5.32 Å². The SMILES string of the molecule is CN(C)S(=O)(=O)CCNc1ncncc1I. The van der Waals surface area contributed by atoms with Crippen molar-refractivity contribution in [2.24, 2.45) is 0 Å². The molecular formula is C8H13IN4O2S. The Bertz CT molecular complexity index is 449. The molecule has 1 N–H and O–H groups in total. The fourth-order valence-electron chi connectivity index (χ4n) is 0.924. The topological polar surface area (TPSA) is 75.2 Å². The van der Waals surface area contributed by atoms with Crippen molar-refractivity contribution in [2.45, 2.75) is 0 Å². The minimum absolute atomic E-state index is 0.0417. The third kappa shape index (κ3) is 3.83. The number of hydrogen-bond donors (Lipinski definition) is 1. The molecule has 0 aliphatic carbocycles. The molecule has 0 amide bonds. The zero-order chi connectivity index (χ0) is 12.2. The molecule has 16 heavy (non-hydrogen) atoms. The molecule has 0 bridgehead atoms. The Hall–Kier alpha value is -0.480. The Morgan fingerprint density at radius 3 is 2.75 bits per heavy atom. The molecular weight excluding hydrogens is 343 g/mol. The molecule has 0 aliphatic heterocycles. The maximum Gasteiger partial charge on any atom is 0.215 e. The van der Waals surface area contributed by atoms with E-state index >= 15 is 0 Å². The normalized spacial score (nSPS) is 11.8. The molecule has 90 valence electrons. The number of nitrogens with one attached hydrogen (secondary N) is 1. The molecule has 0 saturated carbocycles. The number of rotatable bonds is 5. The monoisotopic (exact) mass is 356 g/mol. The van der Waals surface area contributed by atoms with Crippen LogP contribution in [0.1, 0.15) is 0 Å². The van der Waals surface area contributed by atoms with Crippen molar-refractivity contribution in [3.05, 3.63) is 16.1 Å². The van der Waals surface area contributed by atoms with Crippen LogP contribution in [0.4, 0.5) is 5.82 Å². The van der Waals surface area contributed by atoms with Gasteiger partial charge in [0.2, 0.25) is 10.0 Å². The highest BCUT2D eigenvalue weighted by Gasteiger charge is 2.12. The molecule has 0 radical (unpaired) electrons. The van der Waals surface area contributed by atoms with Gasteiger partial charge in [-0.1, -0.05) is 0 Å². The van der Waals surface area contributed by atoms with Crippen molar-refractivity contribution in [3.63, 3.8) is 0 Å². The van der Waals surface area contributed by atoms with Crippen molar-refractivity contribution >= 4 is 38.4 Å². The van der Waals surface area contributed by atoms with Gasteiger partial charge in [-0.3, -0.25) is 0 Å². The maximum atomic E-state index is 11.5. The molecule has 1 aromatic heterocycles. The van der Waals surface area contributed by atoms with E-state index in [0.29, 0.717) is 12.4 Å². The van der Waals surface area contributed by atoms with E-state index in [0.717, 1.165) is 3.57 Å². The molecule has 0 aromatic carbocycles. The summed E-state index contributed by atoms with van der Waals surface area (Å²) in [6.45, 7) is 0.327. The first-order valence-corrected chi connectivity index (χ1v) is 7.22. The fourth-order valence-corrected chi connectivity index (χ4v) is 2.14. The Balaban J connectivity index is 2.52. The van der Waals surface area contributed by atoms with Crippen LogP contribution in [0.15, 0.2) is 12.5 Å². The van der Waals surface area contributed by atoms with Gasteiger partial charge in [-0.2, -0.15) is 0 Å². The van der Waals surface area contributed by atoms with E-state index in [1.807, 2.05) is 0 Å². The third-order valence-corrected chi connectivity index (χ3v) is 4.50. The predicted octanol–water partition coefficient (Wildman–Crippen LogP) is 0.385. The van der Waals surface area contributed by atoms with Gasteiger partial charge in [0.15, 0.2) is 0 Å². The summed E-state index contributed by atoms with van der Waals surface area (Å²) < 4.78 is 25.0. The summed E-state index contributed by atoms with van der Waals surface area (Å²) in [7, 11) is -0.121. The Labute approximate surface area is 109 Å². The van der Waals surface area contributed by atoms with Gasteiger partial charge in [0.25, 0.3) is 0 Å². The average Bonchev–Trinajstić information content (AvgIpc) is 2.20. The second kappa shape index (κ2) is 5.73. The van der Waals surface area contributed by atoms with Crippen LogP contribution in [-0.2, 0) is 10.0 Å². The lowest BCUT2D eigenvalue weighted by Gasteiger charge is -2.12. The molecule has 6 nitrogen and oxygen atoms in total. The summed E-state index contributed by atoms with van der Waals surface area (Å²) in [4.78, 5) is 7.85.